The number of aromatic amines is 1. The number of nitrogens with one attached hydrogen (secondary N) is 1. The van der Waals surface area contributed by atoms with Crippen LogP contribution in [0.4, 0.5) is 13.2 Å². The molecule has 0 spiro atoms. The van der Waals surface area contributed by atoms with Crippen molar-refractivity contribution < 1.29 is 22.7 Å². The van der Waals surface area contributed by atoms with Gasteiger partial charge in [-0.15, -0.1) is 0 Å². The first-order valence-electron chi connectivity index (χ1n) is 14.4. The van der Waals surface area contributed by atoms with Crippen LogP contribution in [0.5, 0.6) is 5.75 Å². The molecule has 3 rings (SSSR count). The van der Waals surface area contributed by atoms with Crippen LogP contribution in [-0.2, 0) is 17.8 Å². The number of halogens is 5. The smallest absolute Gasteiger partial charge is 0.293 e. The monoisotopic (exact) mass is 659 g/mol. The van der Waals surface area contributed by atoms with E-state index in [-0.39, 0.29) is 33.5 Å². The molecule has 1 heterocycles. The molecule has 11 heteroatoms. The van der Waals surface area contributed by atoms with E-state index in [0.29, 0.717) is 29.7 Å². The number of nitriles is 1. The van der Waals surface area contributed by atoms with E-state index in [2.05, 4.69) is 4.98 Å². The zero-order valence-electron chi connectivity index (χ0n) is 25.6. The summed E-state index contributed by atoms with van der Waals surface area (Å²) in [5.41, 5.74) is 0.651. The molecule has 0 aliphatic carbocycles. The van der Waals surface area contributed by atoms with E-state index in [1.54, 1.807) is 12.1 Å². The summed E-state index contributed by atoms with van der Waals surface area (Å²) in [6.07, 6.45) is 4.97. The molecule has 2 aromatic carbocycles. The molecule has 3 aromatic rings. The van der Waals surface area contributed by atoms with Crippen molar-refractivity contribution in [2.75, 3.05) is 0 Å². The van der Waals surface area contributed by atoms with Crippen LogP contribution in [0.3, 0.4) is 0 Å². The van der Waals surface area contributed by atoms with Gasteiger partial charge < -0.3 is 14.6 Å². The third-order valence-corrected chi connectivity index (χ3v) is 7.63. The van der Waals surface area contributed by atoms with Crippen molar-refractivity contribution in [3.63, 3.8) is 0 Å². The number of hydrogen-bond donors (Lipinski definition) is 1. The first-order valence-corrected chi connectivity index (χ1v) is 15.1. The van der Waals surface area contributed by atoms with Crippen LogP contribution in [0.15, 0.2) is 70.9 Å². The molecule has 0 fully saturated rings. The molecule has 45 heavy (non-hydrogen) atoms. The highest BCUT2D eigenvalue weighted by atomic mass is 35.5. The third-order valence-electron chi connectivity index (χ3n) is 7.12. The lowest BCUT2D eigenvalue weighted by Gasteiger charge is -2.27. The number of alkyl halides is 2. The minimum atomic E-state index is -3.43. The number of carbonyl (C=O) groups is 1. The van der Waals surface area contributed by atoms with Crippen LogP contribution < -0.4 is 10.3 Å². The van der Waals surface area contributed by atoms with E-state index in [1.807, 2.05) is 19.9 Å². The van der Waals surface area contributed by atoms with E-state index >= 15 is 8.78 Å². The number of benzene rings is 2. The van der Waals surface area contributed by atoms with Crippen LogP contribution in [0.2, 0.25) is 10.0 Å². The van der Waals surface area contributed by atoms with Gasteiger partial charge in [-0.05, 0) is 67.3 Å². The Bertz CT molecular complexity index is 1730. The first-order chi connectivity index (χ1) is 21.2. The highest BCUT2D eigenvalue weighted by Gasteiger charge is 2.40. The average Bonchev–Trinajstić information content (AvgIpc) is 3.00. The summed E-state index contributed by atoms with van der Waals surface area (Å²) in [6.45, 7) is 7.42. The normalized spacial score (nSPS) is 12.3. The van der Waals surface area contributed by atoms with Gasteiger partial charge in [0, 0.05) is 34.0 Å². The van der Waals surface area contributed by atoms with Gasteiger partial charge in [-0.2, -0.15) is 5.26 Å². The number of nitrogens with zero attached hydrogens (tertiary/aromatic N) is 2. The van der Waals surface area contributed by atoms with Crippen LogP contribution in [0, 0.1) is 23.1 Å². The Hall–Kier alpha value is -4.00. The highest BCUT2D eigenvalue weighted by Crippen LogP contribution is 2.36. The van der Waals surface area contributed by atoms with Crippen molar-refractivity contribution in [3.05, 3.63) is 109 Å². The van der Waals surface area contributed by atoms with E-state index in [4.69, 9.17) is 27.9 Å². The summed E-state index contributed by atoms with van der Waals surface area (Å²) in [5.74, 6) is -6.81. The van der Waals surface area contributed by atoms with E-state index in [9.17, 15) is 19.2 Å². The number of hydrogen-bond acceptors (Lipinski definition) is 4. The molecule has 0 aliphatic rings. The summed E-state index contributed by atoms with van der Waals surface area (Å²) in [4.78, 5) is 31.3. The third kappa shape index (κ3) is 8.59. The molecule has 0 saturated carbocycles. The lowest BCUT2D eigenvalue weighted by atomic mass is 9.97. The van der Waals surface area contributed by atoms with Gasteiger partial charge in [-0.3, -0.25) is 9.59 Å². The van der Waals surface area contributed by atoms with Gasteiger partial charge in [0.05, 0.1) is 23.2 Å². The molecule has 1 N–H and O–H groups in total. The standard InChI is InChI=1S/C34H34Cl2F3N3O3/c1-6-8-9-12-42(19-24-15-27(32(43)41-30(24)7-2)23-10-11-29(37)28(36)16-23)33(44)31(21(5)34(38,39)20(3)4)45-26-14-22(18-40)13-25(35)17-26/h9-17,20H,6-8,19H2,1-5H3,(H,41,43). The number of aryl methyl sites for hydroxylation is 1. The Morgan fingerprint density at radius 2 is 1.87 bits per heavy atom. The van der Waals surface area contributed by atoms with Crippen LogP contribution in [0.1, 0.15) is 64.3 Å². The number of rotatable bonds is 12. The lowest BCUT2D eigenvalue weighted by molar-refractivity contribution is -0.128. The van der Waals surface area contributed by atoms with Crippen LogP contribution >= 0.6 is 23.2 Å². The Kier molecular flexibility index (Phi) is 12.1. The summed E-state index contributed by atoms with van der Waals surface area (Å²) in [5, 5.41) is 9.34. The minimum Gasteiger partial charge on any atom is -0.451 e. The van der Waals surface area contributed by atoms with Crippen molar-refractivity contribution in [2.45, 2.75) is 66.3 Å². The fourth-order valence-corrected chi connectivity index (χ4v) is 4.90. The number of aromatic nitrogens is 1. The number of H-pyrrole nitrogens is 1. The SMILES string of the molecule is CCCC=CN(Cc1cc(-c2ccc(F)c(Cl)c2)c(=O)[nH]c1CC)C(=O)C(Oc1cc(Cl)cc(C#N)c1)=C(C)C(F)(F)C(C)C. The molecule has 0 saturated heterocycles. The molecular weight excluding hydrogens is 626 g/mol. The molecule has 0 unspecified atom stereocenters. The van der Waals surface area contributed by atoms with Crippen LogP contribution in [-0.4, -0.2) is 21.7 Å². The molecule has 1 amide bonds. The summed E-state index contributed by atoms with van der Waals surface area (Å²) >= 11 is 12.1. The minimum absolute atomic E-state index is 0.0624. The Morgan fingerprint density at radius 1 is 1.16 bits per heavy atom. The molecule has 0 radical (unpaired) electrons. The molecule has 6 nitrogen and oxygen atoms in total. The van der Waals surface area contributed by atoms with Gasteiger partial charge in [0.15, 0.2) is 5.76 Å². The predicted octanol–water partition coefficient (Wildman–Crippen LogP) is 9.21. The van der Waals surface area contributed by atoms with Crippen molar-refractivity contribution in [3.8, 4) is 22.9 Å². The summed E-state index contributed by atoms with van der Waals surface area (Å²) < 4.78 is 50.6. The van der Waals surface area contributed by atoms with Gasteiger partial charge >= 0.3 is 0 Å². The molecule has 0 aliphatic heterocycles. The number of amides is 1. The fraction of sp³-hybridized carbons (Fsp3) is 0.324. The van der Waals surface area contributed by atoms with Crippen molar-refractivity contribution in [2.24, 2.45) is 5.92 Å². The Labute approximate surface area is 270 Å². The van der Waals surface area contributed by atoms with Gasteiger partial charge in [0.25, 0.3) is 17.4 Å². The first kappa shape index (κ1) is 35.5. The second-order valence-corrected chi connectivity index (χ2v) is 11.6. The maximum Gasteiger partial charge on any atom is 0.293 e. The number of unbranched alkanes of at least 4 members (excludes halogenated alkanes) is 1. The van der Waals surface area contributed by atoms with Gasteiger partial charge in [-0.25, -0.2) is 13.2 Å². The second kappa shape index (κ2) is 15.3. The zero-order valence-corrected chi connectivity index (χ0v) is 27.1. The number of carbonyl (C=O) groups excluding carboxylic acids is 1. The molecular formula is C34H34Cl2F3N3O3. The van der Waals surface area contributed by atoms with Crippen molar-refractivity contribution >= 4 is 29.1 Å². The molecule has 1 aromatic heterocycles. The lowest BCUT2D eigenvalue weighted by Crippen LogP contribution is -2.35. The summed E-state index contributed by atoms with van der Waals surface area (Å²) in [7, 11) is 0. The maximum atomic E-state index is 15.5. The average molecular weight is 661 g/mol. The number of allylic oxidation sites excluding steroid dienone is 2. The van der Waals surface area contributed by atoms with E-state index < -0.39 is 40.5 Å². The van der Waals surface area contributed by atoms with Gasteiger partial charge in [-0.1, -0.05) is 69.5 Å². The highest BCUT2D eigenvalue weighted by molar-refractivity contribution is 6.31. The fourth-order valence-electron chi connectivity index (χ4n) is 4.49. The number of pyridine rings is 1. The van der Waals surface area contributed by atoms with Crippen molar-refractivity contribution in [1.82, 2.24) is 9.88 Å². The van der Waals surface area contributed by atoms with E-state index in [0.717, 1.165) is 19.4 Å². The van der Waals surface area contributed by atoms with Crippen molar-refractivity contribution in [1.29, 1.82) is 5.26 Å². The summed E-state index contributed by atoms with van der Waals surface area (Å²) in [6, 6.07) is 11.4. The molecule has 0 bridgehead atoms. The van der Waals surface area contributed by atoms with Crippen LogP contribution in [0.25, 0.3) is 11.1 Å². The van der Waals surface area contributed by atoms with E-state index in [1.165, 1.54) is 55.3 Å². The quantitative estimate of drug-likeness (QED) is 0.155. The Morgan fingerprint density at radius 3 is 2.47 bits per heavy atom. The topological polar surface area (TPSA) is 86.2 Å². The maximum absolute atomic E-state index is 15.5. The van der Waals surface area contributed by atoms with Gasteiger partial charge in [0.1, 0.15) is 11.6 Å². The molecule has 238 valence electrons. The molecule has 0 atom stereocenters. The largest absolute Gasteiger partial charge is 0.451 e. The zero-order chi connectivity index (χ0) is 33.5. The number of ether oxygens (including phenoxy) is 1. The second-order valence-electron chi connectivity index (χ2n) is 10.7. The van der Waals surface area contributed by atoms with Gasteiger partial charge in [0.2, 0.25) is 0 Å². The Balaban J connectivity index is 2.20. The predicted molar refractivity (Wildman–Crippen MR) is 171 cm³/mol.